The van der Waals surface area contributed by atoms with E-state index in [4.69, 9.17) is 28.4 Å². The van der Waals surface area contributed by atoms with Crippen molar-refractivity contribution in [3.8, 4) is 11.5 Å². The molecule has 8 saturated carbocycles. The van der Waals surface area contributed by atoms with Gasteiger partial charge in [-0.3, -0.25) is 9.59 Å². The van der Waals surface area contributed by atoms with Crippen LogP contribution in [-0.2, 0) is 34.0 Å². The maximum atomic E-state index is 13.1. The molecule has 10 rings (SSSR count). The summed E-state index contributed by atoms with van der Waals surface area (Å²) >= 11 is 0. The maximum absolute atomic E-state index is 13.1. The van der Waals surface area contributed by atoms with Crippen LogP contribution in [0.15, 0.2) is 48.5 Å². The van der Waals surface area contributed by atoms with Crippen molar-refractivity contribution in [1.29, 1.82) is 0 Å². The lowest BCUT2D eigenvalue weighted by Crippen LogP contribution is -2.50. The second-order valence-electron chi connectivity index (χ2n) is 18.5. The largest absolute Gasteiger partial charge is 0.465 e. The first kappa shape index (κ1) is 36.9. The zero-order valence-electron chi connectivity index (χ0n) is 32.3. The lowest BCUT2D eigenvalue weighted by molar-refractivity contribution is -0.175. The molecule has 0 amide bonds. The van der Waals surface area contributed by atoms with Crippen molar-refractivity contribution < 1.29 is 38.0 Å². The van der Waals surface area contributed by atoms with Gasteiger partial charge < -0.3 is 28.4 Å². The summed E-state index contributed by atoms with van der Waals surface area (Å²) < 4.78 is 35.3. The lowest BCUT2D eigenvalue weighted by Gasteiger charge is -2.55. The Morgan fingerprint density at radius 3 is 1.15 bits per heavy atom. The van der Waals surface area contributed by atoms with E-state index in [1.54, 1.807) is 0 Å². The fourth-order valence-corrected chi connectivity index (χ4v) is 12.2. The Balaban J connectivity index is 0.738. The number of carbonyl (C=O) groups is 2. The van der Waals surface area contributed by atoms with Gasteiger partial charge in [0.05, 0.1) is 24.0 Å². The molecule has 8 aliphatic carbocycles. The van der Waals surface area contributed by atoms with Crippen molar-refractivity contribution in [2.45, 2.75) is 123 Å². The average Bonchev–Trinajstić information content (AvgIpc) is 3.11. The summed E-state index contributed by atoms with van der Waals surface area (Å²) in [6.07, 6.45) is 13.0. The van der Waals surface area contributed by atoms with Crippen LogP contribution in [0, 0.1) is 46.3 Å². The molecule has 0 aliphatic heterocycles. The fourth-order valence-electron chi connectivity index (χ4n) is 12.2. The van der Waals surface area contributed by atoms with Gasteiger partial charge >= 0.3 is 11.9 Å². The highest BCUT2D eigenvalue weighted by Gasteiger charge is 2.56. The molecule has 0 spiro atoms. The minimum atomic E-state index is -0.465. The van der Waals surface area contributed by atoms with Gasteiger partial charge in [-0.05, 0) is 162 Å². The Labute approximate surface area is 316 Å². The Morgan fingerprint density at radius 1 is 0.547 bits per heavy atom. The summed E-state index contributed by atoms with van der Waals surface area (Å²) in [5.41, 5.74) is 1.60. The van der Waals surface area contributed by atoms with E-state index in [0.29, 0.717) is 13.2 Å². The number of ether oxygens (including phenoxy) is 6. The number of esters is 2. The van der Waals surface area contributed by atoms with Gasteiger partial charge in [-0.15, -0.1) is 0 Å². The average molecular weight is 729 g/mol. The Kier molecular flexibility index (Phi) is 10.3. The molecule has 2 atom stereocenters. The molecule has 0 saturated heterocycles. The van der Waals surface area contributed by atoms with E-state index in [2.05, 4.69) is 38.1 Å². The van der Waals surface area contributed by atoms with E-state index < -0.39 is 12.6 Å². The van der Waals surface area contributed by atoms with Crippen LogP contribution < -0.4 is 9.47 Å². The Bertz CT molecular complexity index is 1410. The van der Waals surface area contributed by atoms with Crippen LogP contribution in [0.1, 0.15) is 116 Å². The van der Waals surface area contributed by atoms with Crippen molar-refractivity contribution >= 4 is 11.9 Å². The first-order valence-electron chi connectivity index (χ1n) is 20.6. The molecule has 8 bridgehead atoms. The van der Waals surface area contributed by atoms with Gasteiger partial charge in [0.15, 0.2) is 12.6 Å². The Hall–Kier alpha value is -3.10. The molecule has 53 heavy (non-hydrogen) atoms. The number of hydrogen-bond acceptors (Lipinski definition) is 8. The molecule has 0 heterocycles. The zero-order valence-corrected chi connectivity index (χ0v) is 32.3. The molecular formula is C45H60O8. The van der Waals surface area contributed by atoms with Crippen LogP contribution >= 0.6 is 0 Å². The number of benzene rings is 2. The second kappa shape index (κ2) is 14.9. The van der Waals surface area contributed by atoms with Crippen molar-refractivity contribution in [3.05, 3.63) is 59.7 Å². The number of carbonyl (C=O) groups excluding carboxylic acids is 2. The third-order valence-electron chi connectivity index (χ3n) is 14.0. The molecule has 288 valence electrons. The predicted octanol–water partition coefficient (Wildman–Crippen LogP) is 9.01. The normalized spacial score (nSPS) is 33.4. The van der Waals surface area contributed by atoms with Crippen LogP contribution in [0.4, 0.5) is 0 Å². The summed E-state index contributed by atoms with van der Waals surface area (Å²) in [7, 11) is 0. The first-order valence-corrected chi connectivity index (χ1v) is 20.6. The number of rotatable bonds is 16. The summed E-state index contributed by atoms with van der Waals surface area (Å²) in [5.74, 6) is 5.76. The van der Waals surface area contributed by atoms with E-state index in [0.717, 1.165) is 96.7 Å². The van der Waals surface area contributed by atoms with Gasteiger partial charge in [0.2, 0.25) is 0 Å². The van der Waals surface area contributed by atoms with E-state index in [1.807, 2.05) is 38.1 Å². The van der Waals surface area contributed by atoms with E-state index in [9.17, 15) is 9.59 Å². The van der Waals surface area contributed by atoms with Gasteiger partial charge in [0, 0.05) is 5.41 Å². The molecule has 2 unspecified atom stereocenters. The standard InChI is InChI=1S/C45H60O8/c1-29(48-13-15-50-41(46)44-23-31-17-32(24-44)19-33(18-31)25-44)52-39-9-5-37(6-10-39)43(3,4)38-7-11-40(12-8-38)53-30(2)49-14-16-51-42(47)45-26-34-20-35(27-45)22-36(21-34)28-45/h5-12,29-36H,13-28H2,1-4H3. The van der Waals surface area contributed by atoms with Gasteiger partial charge in [-0.25, -0.2) is 0 Å². The third-order valence-corrected chi connectivity index (χ3v) is 14.0. The van der Waals surface area contributed by atoms with Crippen LogP contribution in [0.3, 0.4) is 0 Å². The van der Waals surface area contributed by atoms with E-state index in [1.165, 1.54) is 38.5 Å². The maximum Gasteiger partial charge on any atom is 0.312 e. The van der Waals surface area contributed by atoms with Gasteiger partial charge in [0.25, 0.3) is 0 Å². The molecule has 8 aliphatic rings. The highest BCUT2D eigenvalue weighted by atomic mass is 16.7. The summed E-state index contributed by atoms with van der Waals surface area (Å²) in [6.45, 7) is 9.28. The van der Waals surface area contributed by atoms with Gasteiger partial charge in [-0.1, -0.05) is 38.1 Å². The molecular weight excluding hydrogens is 668 g/mol. The molecule has 0 N–H and O–H groups in total. The molecule has 8 heteroatoms. The lowest BCUT2D eigenvalue weighted by atomic mass is 9.49. The second-order valence-corrected chi connectivity index (χ2v) is 18.5. The molecule has 0 aromatic heterocycles. The molecule has 2 aromatic carbocycles. The highest BCUT2D eigenvalue weighted by Crippen LogP contribution is 2.61. The quantitative estimate of drug-likeness (QED) is 0.0962. The van der Waals surface area contributed by atoms with Gasteiger partial charge in [0.1, 0.15) is 24.7 Å². The molecule has 2 aromatic rings. The molecule has 0 radical (unpaired) electrons. The third kappa shape index (κ3) is 7.87. The summed E-state index contributed by atoms with van der Waals surface area (Å²) in [6, 6.07) is 16.2. The van der Waals surface area contributed by atoms with Crippen molar-refractivity contribution in [3.63, 3.8) is 0 Å². The van der Waals surface area contributed by atoms with E-state index >= 15 is 0 Å². The predicted molar refractivity (Wildman–Crippen MR) is 200 cm³/mol. The monoisotopic (exact) mass is 728 g/mol. The van der Waals surface area contributed by atoms with Crippen LogP contribution in [0.2, 0.25) is 0 Å². The highest BCUT2D eigenvalue weighted by molar-refractivity contribution is 5.78. The summed E-state index contributed by atoms with van der Waals surface area (Å²) in [4.78, 5) is 26.2. The fraction of sp³-hybridized carbons (Fsp3) is 0.689. The minimum absolute atomic E-state index is 0.00433. The topological polar surface area (TPSA) is 89.5 Å². The Morgan fingerprint density at radius 2 is 0.849 bits per heavy atom. The smallest absolute Gasteiger partial charge is 0.312 e. The summed E-state index contributed by atoms with van der Waals surface area (Å²) in [5, 5.41) is 0. The van der Waals surface area contributed by atoms with Crippen LogP contribution in [-0.4, -0.2) is 50.9 Å². The molecule has 8 fully saturated rings. The van der Waals surface area contributed by atoms with Crippen molar-refractivity contribution in [2.24, 2.45) is 46.3 Å². The first-order chi connectivity index (χ1) is 25.5. The number of hydrogen-bond donors (Lipinski definition) is 0. The van der Waals surface area contributed by atoms with Crippen LogP contribution in [0.25, 0.3) is 0 Å². The van der Waals surface area contributed by atoms with E-state index in [-0.39, 0.29) is 41.4 Å². The van der Waals surface area contributed by atoms with Gasteiger partial charge in [-0.2, -0.15) is 0 Å². The van der Waals surface area contributed by atoms with Crippen molar-refractivity contribution in [1.82, 2.24) is 0 Å². The van der Waals surface area contributed by atoms with Crippen LogP contribution in [0.5, 0.6) is 11.5 Å². The minimum Gasteiger partial charge on any atom is -0.465 e. The SMILES string of the molecule is CC(OCCOC(=O)C12CC3CC(CC(C3)C1)C2)Oc1ccc(C(C)(C)c2ccc(OC(C)OCCOC(=O)C34CC5CC(CC(C5)C3)C4)cc2)cc1. The zero-order chi connectivity index (χ0) is 36.8. The van der Waals surface area contributed by atoms with Crippen molar-refractivity contribution in [2.75, 3.05) is 26.4 Å². The molecule has 8 nitrogen and oxygen atoms in total.